The lowest BCUT2D eigenvalue weighted by atomic mass is 10.1. The van der Waals surface area contributed by atoms with Crippen molar-refractivity contribution in [2.45, 2.75) is 32.2 Å². The van der Waals surface area contributed by atoms with Crippen molar-refractivity contribution in [2.75, 3.05) is 19.9 Å². The summed E-state index contributed by atoms with van der Waals surface area (Å²) in [5, 5.41) is 0. The zero-order valence-electron chi connectivity index (χ0n) is 17.5. The molecule has 2 aromatic carbocycles. The van der Waals surface area contributed by atoms with Crippen LogP contribution >= 0.6 is 0 Å². The molecule has 0 radical (unpaired) electrons. The Morgan fingerprint density at radius 3 is 2.30 bits per heavy atom. The number of ether oxygens (including phenoxy) is 3. The number of hydrogen-bond acceptors (Lipinski definition) is 3. The lowest BCUT2D eigenvalue weighted by Gasteiger charge is -2.29. The number of benzene rings is 2. The topological polar surface area (TPSA) is 27.7 Å². The van der Waals surface area contributed by atoms with Gasteiger partial charge in [0, 0.05) is 11.5 Å². The standard InChI is InChI=1S/C23H21F7O3/c1-13-6-8-16(20(27)18(13)25)23(29,30)33-17-9-7-15(19(26)21(17)28)22-31-11-14(12-32-22)5-3-2-4-10-24/h2-3,6-9,14,22H,4-5,10-12H2,1H3. The Morgan fingerprint density at radius 1 is 0.939 bits per heavy atom. The third-order valence-corrected chi connectivity index (χ3v) is 5.04. The molecule has 1 heterocycles. The summed E-state index contributed by atoms with van der Waals surface area (Å²) in [5.41, 5.74) is -2.04. The molecule has 0 bridgehead atoms. The van der Waals surface area contributed by atoms with Gasteiger partial charge in [-0.1, -0.05) is 18.2 Å². The molecular weight excluding hydrogens is 457 g/mol. The number of aryl methyl sites for hydroxylation is 1. The van der Waals surface area contributed by atoms with Crippen LogP contribution < -0.4 is 4.74 Å². The van der Waals surface area contributed by atoms with Gasteiger partial charge in [0.25, 0.3) is 0 Å². The largest absolute Gasteiger partial charge is 0.429 e. The van der Waals surface area contributed by atoms with Crippen molar-refractivity contribution in [1.29, 1.82) is 0 Å². The highest BCUT2D eigenvalue weighted by Gasteiger charge is 2.40. The van der Waals surface area contributed by atoms with Crippen LogP contribution in [0, 0.1) is 36.1 Å². The minimum Gasteiger partial charge on any atom is -0.426 e. The second-order valence-electron chi connectivity index (χ2n) is 7.51. The molecule has 2 aromatic rings. The maximum Gasteiger partial charge on any atom is 0.429 e. The van der Waals surface area contributed by atoms with E-state index in [1.807, 2.05) is 0 Å². The van der Waals surface area contributed by atoms with E-state index in [-0.39, 0.29) is 30.3 Å². The van der Waals surface area contributed by atoms with Gasteiger partial charge in [0.05, 0.1) is 19.9 Å². The summed E-state index contributed by atoms with van der Waals surface area (Å²) in [7, 11) is 0. The van der Waals surface area contributed by atoms with Gasteiger partial charge in [-0.3, -0.25) is 4.39 Å². The zero-order valence-corrected chi connectivity index (χ0v) is 17.5. The van der Waals surface area contributed by atoms with Crippen LogP contribution in [0.25, 0.3) is 0 Å². The Morgan fingerprint density at radius 2 is 1.64 bits per heavy atom. The first-order valence-electron chi connectivity index (χ1n) is 10.1. The lowest BCUT2D eigenvalue weighted by molar-refractivity contribution is -0.206. The van der Waals surface area contributed by atoms with E-state index in [2.05, 4.69) is 4.74 Å². The molecule has 0 atom stereocenters. The Kier molecular flexibility index (Phi) is 8.01. The van der Waals surface area contributed by atoms with Gasteiger partial charge >= 0.3 is 6.11 Å². The third-order valence-electron chi connectivity index (χ3n) is 5.04. The highest BCUT2D eigenvalue weighted by atomic mass is 19.3. The maximum absolute atomic E-state index is 14.6. The van der Waals surface area contributed by atoms with Crippen molar-refractivity contribution in [2.24, 2.45) is 5.92 Å². The molecule has 3 rings (SSSR count). The minimum atomic E-state index is -4.48. The molecule has 1 aliphatic heterocycles. The average molecular weight is 478 g/mol. The first-order chi connectivity index (χ1) is 15.7. The predicted octanol–water partition coefficient (Wildman–Crippen LogP) is 6.65. The van der Waals surface area contributed by atoms with Crippen LogP contribution in [0.4, 0.5) is 30.7 Å². The number of hydrogen-bond donors (Lipinski definition) is 0. The molecule has 33 heavy (non-hydrogen) atoms. The van der Waals surface area contributed by atoms with Crippen molar-refractivity contribution in [1.82, 2.24) is 0 Å². The maximum atomic E-state index is 14.6. The van der Waals surface area contributed by atoms with Crippen molar-refractivity contribution in [3.05, 3.63) is 76.4 Å². The molecule has 0 N–H and O–H groups in total. The van der Waals surface area contributed by atoms with E-state index in [0.717, 1.165) is 18.2 Å². The highest BCUT2D eigenvalue weighted by Crippen LogP contribution is 2.38. The minimum absolute atomic E-state index is 0.0730. The van der Waals surface area contributed by atoms with Crippen LogP contribution in [0.15, 0.2) is 36.4 Å². The normalized spacial score (nSPS) is 19.3. The van der Waals surface area contributed by atoms with Crippen LogP contribution in [0.1, 0.15) is 35.8 Å². The summed E-state index contributed by atoms with van der Waals surface area (Å²) in [6.45, 7) is 1.01. The number of allylic oxidation sites excluding steroid dienone is 2. The SMILES string of the molecule is Cc1ccc(C(F)(F)Oc2ccc(C3OCC(CC=CCCF)CO3)c(F)c2F)c(F)c1F. The van der Waals surface area contributed by atoms with E-state index < -0.39 is 53.7 Å². The van der Waals surface area contributed by atoms with Gasteiger partial charge < -0.3 is 14.2 Å². The molecule has 1 saturated heterocycles. The van der Waals surface area contributed by atoms with Crippen LogP contribution in [-0.2, 0) is 15.6 Å². The van der Waals surface area contributed by atoms with Crippen LogP contribution in [0.5, 0.6) is 5.75 Å². The van der Waals surface area contributed by atoms with Crippen molar-refractivity contribution < 1.29 is 44.9 Å². The molecule has 0 saturated carbocycles. The van der Waals surface area contributed by atoms with Crippen LogP contribution in [0.2, 0.25) is 0 Å². The van der Waals surface area contributed by atoms with Crippen molar-refractivity contribution in [3.8, 4) is 5.75 Å². The van der Waals surface area contributed by atoms with Crippen LogP contribution in [0.3, 0.4) is 0 Å². The molecule has 1 aliphatic rings. The fourth-order valence-electron chi connectivity index (χ4n) is 3.20. The Balaban J connectivity index is 1.71. The molecular formula is C23H21F7O3. The molecule has 0 spiro atoms. The highest BCUT2D eigenvalue weighted by molar-refractivity contribution is 5.34. The van der Waals surface area contributed by atoms with E-state index in [9.17, 15) is 30.7 Å². The molecule has 3 nitrogen and oxygen atoms in total. The molecule has 1 fully saturated rings. The molecule has 0 aliphatic carbocycles. The monoisotopic (exact) mass is 478 g/mol. The molecule has 0 aromatic heterocycles. The molecule has 180 valence electrons. The summed E-state index contributed by atoms with van der Waals surface area (Å²) in [6.07, 6.45) is -1.47. The summed E-state index contributed by atoms with van der Waals surface area (Å²) in [4.78, 5) is 0. The van der Waals surface area contributed by atoms with E-state index in [1.165, 1.54) is 6.92 Å². The summed E-state index contributed by atoms with van der Waals surface area (Å²) in [5.74, 6) is -7.92. The van der Waals surface area contributed by atoms with Crippen LogP contribution in [-0.4, -0.2) is 19.9 Å². The molecule has 0 amide bonds. The van der Waals surface area contributed by atoms with E-state index in [0.29, 0.717) is 18.9 Å². The quantitative estimate of drug-likeness (QED) is 0.314. The summed E-state index contributed by atoms with van der Waals surface area (Å²) in [6, 6.07) is 3.18. The second-order valence-corrected chi connectivity index (χ2v) is 7.51. The van der Waals surface area contributed by atoms with Crippen molar-refractivity contribution >= 4 is 0 Å². The first kappa shape index (κ1) is 25.0. The van der Waals surface area contributed by atoms with Gasteiger partial charge in [-0.25, -0.2) is 13.2 Å². The van der Waals surface area contributed by atoms with Gasteiger partial charge in [-0.2, -0.15) is 13.2 Å². The first-order valence-corrected chi connectivity index (χ1v) is 10.1. The Labute approximate surface area is 185 Å². The summed E-state index contributed by atoms with van der Waals surface area (Å²) >= 11 is 0. The Hall–Kier alpha value is -2.59. The zero-order chi connectivity index (χ0) is 24.2. The Bertz CT molecular complexity index is 1000. The van der Waals surface area contributed by atoms with Gasteiger partial charge in [-0.15, -0.1) is 0 Å². The lowest BCUT2D eigenvalue weighted by Crippen LogP contribution is -2.28. The number of halogens is 7. The van der Waals surface area contributed by atoms with Gasteiger partial charge in [0.1, 0.15) is 5.56 Å². The third kappa shape index (κ3) is 5.67. The van der Waals surface area contributed by atoms with Gasteiger partial charge in [0.2, 0.25) is 5.82 Å². The molecule has 10 heteroatoms. The fourth-order valence-corrected chi connectivity index (χ4v) is 3.20. The predicted molar refractivity (Wildman–Crippen MR) is 104 cm³/mol. The fraction of sp³-hybridized carbons (Fsp3) is 0.391. The van der Waals surface area contributed by atoms with Crippen molar-refractivity contribution in [3.63, 3.8) is 0 Å². The van der Waals surface area contributed by atoms with Gasteiger partial charge in [-0.05, 0) is 43.5 Å². The van der Waals surface area contributed by atoms with E-state index in [1.54, 1.807) is 12.2 Å². The van der Waals surface area contributed by atoms with E-state index in [4.69, 9.17) is 9.47 Å². The average Bonchev–Trinajstić information content (AvgIpc) is 2.79. The number of alkyl halides is 3. The smallest absolute Gasteiger partial charge is 0.426 e. The molecule has 0 unspecified atom stereocenters. The number of rotatable bonds is 8. The second kappa shape index (κ2) is 10.6. The summed E-state index contributed by atoms with van der Waals surface area (Å²) < 4.78 is 112. The van der Waals surface area contributed by atoms with Gasteiger partial charge in [0.15, 0.2) is 29.5 Å². The van der Waals surface area contributed by atoms with E-state index >= 15 is 0 Å².